The number of benzene rings is 2. The number of hydrogen-bond acceptors (Lipinski definition) is 5. The Morgan fingerprint density at radius 3 is 2.26 bits per heavy atom. The number of rotatable bonds is 8. The van der Waals surface area contributed by atoms with E-state index in [1.54, 1.807) is 42.5 Å². The largest absolute Gasteiger partial charge is 0.494 e. The molecule has 0 unspecified atom stereocenters. The highest BCUT2D eigenvalue weighted by atomic mass is 16.5. The molecular formula is C21H23NO5. The first kappa shape index (κ1) is 20.2. The third kappa shape index (κ3) is 5.95. The van der Waals surface area contributed by atoms with Gasteiger partial charge in [0.25, 0.3) is 0 Å². The van der Waals surface area contributed by atoms with Crippen molar-refractivity contribution in [3.63, 3.8) is 0 Å². The Labute approximate surface area is 158 Å². The van der Waals surface area contributed by atoms with Gasteiger partial charge < -0.3 is 14.8 Å². The van der Waals surface area contributed by atoms with Crippen molar-refractivity contribution in [1.29, 1.82) is 0 Å². The first-order valence-corrected chi connectivity index (χ1v) is 8.63. The van der Waals surface area contributed by atoms with E-state index >= 15 is 0 Å². The Hall–Kier alpha value is -3.15. The van der Waals surface area contributed by atoms with Crippen LogP contribution < -0.4 is 10.1 Å². The number of anilines is 1. The molecule has 1 N–H and O–H groups in total. The van der Waals surface area contributed by atoms with Crippen LogP contribution in [0.5, 0.6) is 5.75 Å². The van der Waals surface area contributed by atoms with Crippen LogP contribution in [0.1, 0.15) is 46.0 Å². The van der Waals surface area contributed by atoms with Gasteiger partial charge in [0.2, 0.25) is 5.91 Å². The predicted molar refractivity (Wildman–Crippen MR) is 102 cm³/mol. The Morgan fingerprint density at radius 1 is 1.00 bits per heavy atom. The van der Waals surface area contributed by atoms with Gasteiger partial charge in [-0.2, -0.15) is 0 Å². The summed E-state index contributed by atoms with van der Waals surface area (Å²) in [5, 5.41) is 2.83. The number of hydrogen-bond donors (Lipinski definition) is 1. The van der Waals surface area contributed by atoms with Crippen LogP contribution in [-0.2, 0) is 9.53 Å². The van der Waals surface area contributed by atoms with E-state index in [0.29, 0.717) is 42.0 Å². The Morgan fingerprint density at radius 2 is 1.67 bits per heavy atom. The van der Waals surface area contributed by atoms with Gasteiger partial charge in [-0.05, 0) is 68.3 Å². The van der Waals surface area contributed by atoms with E-state index < -0.39 is 5.97 Å². The van der Waals surface area contributed by atoms with E-state index in [9.17, 15) is 14.4 Å². The Bertz CT molecular complexity index is 827. The first-order valence-electron chi connectivity index (χ1n) is 8.63. The summed E-state index contributed by atoms with van der Waals surface area (Å²) in [5.41, 5.74) is 2.52. The maximum atomic E-state index is 12.1. The third-order valence-electron chi connectivity index (χ3n) is 4.00. The zero-order chi connectivity index (χ0) is 19.8. The average Bonchev–Trinajstić information content (AvgIpc) is 2.66. The van der Waals surface area contributed by atoms with Crippen molar-refractivity contribution >= 4 is 23.3 Å². The summed E-state index contributed by atoms with van der Waals surface area (Å²) in [5.74, 6) is 0.131. The maximum Gasteiger partial charge on any atom is 0.337 e. The molecule has 6 heteroatoms. The molecule has 1 amide bonds. The molecule has 0 aliphatic carbocycles. The SMILES string of the molecule is COC(=O)c1ccc(NC(=O)CCCOc2ccc(C(C)=O)cc2)c(C)c1. The molecule has 0 saturated carbocycles. The zero-order valence-electron chi connectivity index (χ0n) is 15.7. The van der Waals surface area contributed by atoms with E-state index in [2.05, 4.69) is 10.1 Å². The molecule has 6 nitrogen and oxygen atoms in total. The number of carbonyl (C=O) groups is 3. The number of ketones is 1. The average molecular weight is 369 g/mol. The number of Topliss-reactive ketones (excluding diaryl/α,β-unsaturated/α-hetero) is 1. The fourth-order valence-corrected chi connectivity index (χ4v) is 2.47. The summed E-state index contributed by atoms with van der Waals surface area (Å²) >= 11 is 0. The molecule has 0 atom stereocenters. The van der Waals surface area contributed by atoms with Crippen LogP contribution in [0.2, 0.25) is 0 Å². The van der Waals surface area contributed by atoms with Gasteiger partial charge in [0.05, 0.1) is 19.3 Å². The van der Waals surface area contributed by atoms with Gasteiger partial charge in [-0.3, -0.25) is 9.59 Å². The minimum absolute atomic E-state index is 0.00753. The van der Waals surface area contributed by atoms with Gasteiger partial charge in [0.15, 0.2) is 5.78 Å². The highest BCUT2D eigenvalue weighted by Gasteiger charge is 2.09. The topological polar surface area (TPSA) is 81.7 Å². The van der Waals surface area contributed by atoms with Crippen molar-refractivity contribution in [2.24, 2.45) is 0 Å². The van der Waals surface area contributed by atoms with Gasteiger partial charge in [0, 0.05) is 17.7 Å². The molecule has 0 aliphatic heterocycles. The molecule has 0 heterocycles. The van der Waals surface area contributed by atoms with Crippen LogP contribution in [-0.4, -0.2) is 31.4 Å². The molecule has 2 aromatic carbocycles. The lowest BCUT2D eigenvalue weighted by Crippen LogP contribution is -2.14. The lowest BCUT2D eigenvalue weighted by molar-refractivity contribution is -0.116. The number of carbonyl (C=O) groups excluding carboxylic acids is 3. The molecule has 2 aromatic rings. The van der Waals surface area contributed by atoms with Gasteiger partial charge >= 0.3 is 5.97 Å². The quantitative estimate of drug-likeness (QED) is 0.435. The van der Waals surface area contributed by atoms with Crippen molar-refractivity contribution in [3.8, 4) is 5.75 Å². The molecule has 142 valence electrons. The van der Waals surface area contributed by atoms with E-state index in [1.807, 2.05) is 6.92 Å². The predicted octanol–water partition coefficient (Wildman–Crippen LogP) is 3.78. The number of amides is 1. The zero-order valence-corrected chi connectivity index (χ0v) is 15.7. The standard InChI is InChI=1S/C21H23NO5/c1-14-13-17(21(25)26-3)8-11-19(14)22-20(24)5-4-12-27-18-9-6-16(7-10-18)15(2)23/h6-11,13H,4-5,12H2,1-3H3,(H,22,24). The van der Waals surface area contributed by atoms with Gasteiger partial charge in [0.1, 0.15) is 5.75 Å². The van der Waals surface area contributed by atoms with Crippen molar-refractivity contribution in [2.45, 2.75) is 26.7 Å². The van der Waals surface area contributed by atoms with E-state index in [4.69, 9.17) is 4.74 Å². The van der Waals surface area contributed by atoms with Crippen LogP contribution in [0.15, 0.2) is 42.5 Å². The van der Waals surface area contributed by atoms with Crippen molar-refractivity contribution in [2.75, 3.05) is 19.0 Å². The van der Waals surface area contributed by atoms with Crippen LogP contribution in [0, 0.1) is 6.92 Å². The van der Waals surface area contributed by atoms with Crippen LogP contribution in [0.3, 0.4) is 0 Å². The summed E-state index contributed by atoms with van der Waals surface area (Å²) in [6, 6.07) is 11.9. The summed E-state index contributed by atoms with van der Waals surface area (Å²) in [6.45, 7) is 3.72. The molecule has 0 saturated heterocycles. The molecule has 0 radical (unpaired) electrons. The molecule has 0 aliphatic rings. The van der Waals surface area contributed by atoms with Crippen molar-refractivity contribution in [1.82, 2.24) is 0 Å². The minimum atomic E-state index is -0.413. The molecule has 0 bridgehead atoms. The minimum Gasteiger partial charge on any atom is -0.494 e. The smallest absolute Gasteiger partial charge is 0.337 e. The fraction of sp³-hybridized carbons (Fsp3) is 0.286. The summed E-state index contributed by atoms with van der Waals surface area (Å²) < 4.78 is 10.3. The van der Waals surface area contributed by atoms with Crippen LogP contribution in [0.25, 0.3) is 0 Å². The van der Waals surface area contributed by atoms with Gasteiger partial charge in [-0.1, -0.05) is 0 Å². The van der Waals surface area contributed by atoms with Crippen molar-refractivity contribution < 1.29 is 23.9 Å². The lowest BCUT2D eigenvalue weighted by atomic mass is 10.1. The second-order valence-corrected chi connectivity index (χ2v) is 6.10. The molecule has 0 fully saturated rings. The van der Waals surface area contributed by atoms with Crippen LogP contribution in [0.4, 0.5) is 5.69 Å². The van der Waals surface area contributed by atoms with Crippen LogP contribution >= 0.6 is 0 Å². The van der Waals surface area contributed by atoms with E-state index in [1.165, 1.54) is 14.0 Å². The van der Waals surface area contributed by atoms with Crippen molar-refractivity contribution in [3.05, 3.63) is 59.2 Å². The second kappa shape index (κ2) is 9.52. The second-order valence-electron chi connectivity index (χ2n) is 6.10. The molecule has 27 heavy (non-hydrogen) atoms. The number of esters is 1. The van der Waals surface area contributed by atoms with E-state index in [0.717, 1.165) is 5.56 Å². The summed E-state index contributed by atoms with van der Waals surface area (Å²) in [6.07, 6.45) is 0.864. The summed E-state index contributed by atoms with van der Waals surface area (Å²) in [4.78, 5) is 34.8. The molecular weight excluding hydrogens is 346 g/mol. The highest BCUT2D eigenvalue weighted by molar-refractivity contribution is 5.94. The highest BCUT2D eigenvalue weighted by Crippen LogP contribution is 2.18. The fourth-order valence-electron chi connectivity index (χ4n) is 2.47. The van der Waals surface area contributed by atoms with E-state index in [-0.39, 0.29) is 11.7 Å². The number of ether oxygens (including phenoxy) is 2. The Balaban J connectivity index is 1.77. The molecule has 2 rings (SSSR count). The third-order valence-corrected chi connectivity index (χ3v) is 4.00. The number of aryl methyl sites for hydroxylation is 1. The lowest BCUT2D eigenvalue weighted by Gasteiger charge is -2.10. The molecule has 0 aromatic heterocycles. The Kier molecular flexibility index (Phi) is 7.11. The monoisotopic (exact) mass is 369 g/mol. The number of methoxy groups -OCH3 is 1. The number of nitrogens with one attached hydrogen (secondary N) is 1. The maximum absolute atomic E-state index is 12.1. The normalized spacial score (nSPS) is 10.2. The van der Waals surface area contributed by atoms with Gasteiger partial charge in [-0.25, -0.2) is 4.79 Å². The first-order chi connectivity index (χ1) is 12.9. The van der Waals surface area contributed by atoms with Gasteiger partial charge in [-0.15, -0.1) is 0 Å². The molecule has 0 spiro atoms. The summed E-state index contributed by atoms with van der Waals surface area (Å²) in [7, 11) is 1.33.